The van der Waals surface area contributed by atoms with Crippen LogP contribution in [-0.2, 0) is 4.79 Å². The smallest absolute Gasteiger partial charge is 0.239 e. The van der Waals surface area contributed by atoms with Crippen molar-refractivity contribution < 1.29 is 9.53 Å². The van der Waals surface area contributed by atoms with Gasteiger partial charge in [0.1, 0.15) is 5.75 Å². The fourth-order valence-corrected chi connectivity index (χ4v) is 3.55. The minimum atomic E-state index is 0.0436. The van der Waals surface area contributed by atoms with E-state index in [1.54, 1.807) is 7.11 Å². The molecule has 2 saturated heterocycles. The van der Waals surface area contributed by atoms with Gasteiger partial charge in [-0.1, -0.05) is 12.1 Å². The minimum absolute atomic E-state index is 0.0436. The second-order valence-electron chi connectivity index (χ2n) is 6.19. The molecule has 0 saturated carbocycles. The van der Waals surface area contributed by atoms with Gasteiger partial charge in [-0.15, -0.1) is 0 Å². The van der Waals surface area contributed by atoms with Crippen molar-refractivity contribution in [1.82, 2.24) is 10.2 Å². The molecule has 0 radical (unpaired) electrons. The molecule has 0 spiro atoms. The molecule has 0 unspecified atom stereocenters. The van der Waals surface area contributed by atoms with Crippen LogP contribution in [0.2, 0.25) is 0 Å². The predicted molar refractivity (Wildman–Crippen MR) is 82.6 cm³/mol. The van der Waals surface area contributed by atoms with Crippen molar-refractivity contribution >= 4 is 5.91 Å². The van der Waals surface area contributed by atoms with Gasteiger partial charge in [0.15, 0.2) is 0 Å². The maximum Gasteiger partial charge on any atom is 0.239 e. The summed E-state index contributed by atoms with van der Waals surface area (Å²) >= 11 is 0. The Hall–Kier alpha value is -1.55. The summed E-state index contributed by atoms with van der Waals surface area (Å²) in [4.78, 5) is 14.6. The van der Waals surface area contributed by atoms with E-state index in [-0.39, 0.29) is 11.9 Å². The summed E-state index contributed by atoms with van der Waals surface area (Å²) in [6.07, 6.45) is 3.14. The lowest BCUT2D eigenvalue weighted by Crippen LogP contribution is -2.45. The van der Waals surface area contributed by atoms with Gasteiger partial charge >= 0.3 is 0 Å². The number of nitrogens with zero attached hydrogens (tertiary/aromatic N) is 1. The van der Waals surface area contributed by atoms with E-state index in [1.165, 1.54) is 5.56 Å². The first-order chi connectivity index (χ1) is 10.2. The highest BCUT2D eigenvalue weighted by Crippen LogP contribution is 2.33. The third-order valence-corrected chi connectivity index (χ3v) is 4.80. The Kier molecular flexibility index (Phi) is 4.15. The molecular weight excluding hydrogens is 264 g/mol. The molecule has 0 bridgehead atoms. The highest BCUT2D eigenvalue weighted by molar-refractivity contribution is 5.82. The van der Waals surface area contributed by atoms with Crippen molar-refractivity contribution in [2.24, 2.45) is 0 Å². The van der Waals surface area contributed by atoms with Crippen molar-refractivity contribution in [3.8, 4) is 5.75 Å². The molecule has 0 aromatic heterocycles. The van der Waals surface area contributed by atoms with E-state index in [0.717, 1.165) is 38.1 Å². The first-order valence-corrected chi connectivity index (χ1v) is 7.87. The van der Waals surface area contributed by atoms with Crippen LogP contribution in [0.1, 0.15) is 37.7 Å². The highest BCUT2D eigenvalue weighted by Gasteiger charge is 2.36. The van der Waals surface area contributed by atoms with Gasteiger partial charge in [-0.25, -0.2) is 0 Å². The van der Waals surface area contributed by atoms with Crippen LogP contribution in [0, 0.1) is 0 Å². The second kappa shape index (κ2) is 6.06. The van der Waals surface area contributed by atoms with E-state index in [9.17, 15) is 4.79 Å². The van der Waals surface area contributed by atoms with Gasteiger partial charge in [0, 0.05) is 18.5 Å². The number of benzene rings is 1. The lowest BCUT2D eigenvalue weighted by Gasteiger charge is -2.25. The van der Waals surface area contributed by atoms with Crippen molar-refractivity contribution in [2.75, 3.05) is 20.2 Å². The van der Waals surface area contributed by atoms with Gasteiger partial charge < -0.3 is 15.0 Å². The number of nitrogens with one attached hydrogen (secondary N) is 1. The molecular formula is C17H24N2O2. The van der Waals surface area contributed by atoms with Gasteiger partial charge in [0.25, 0.3) is 0 Å². The van der Waals surface area contributed by atoms with E-state index in [4.69, 9.17) is 4.74 Å². The molecule has 2 fully saturated rings. The zero-order chi connectivity index (χ0) is 14.8. The lowest BCUT2D eigenvalue weighted by molar-refractivity contribution is -0.133. The van der Waals surface area contributed by atoms with Crippen molar-refractivity contribution in [2.45, 2.75) is 44.2 Å². The van der Waals surface area contributed by atoms with Crippen LogP contribution in [-0.4, -0.2) is 43.1 Å². The zero-order valence-electron chi connectivity index (χ0n) is 12.8. The first-order valence-electron chi connectivity index (χ1n) is 7.87. The fourth-order valence-electron chi connectivity index (χ4n) is 3.55. The van der Waals surface area contributed by atoms with Gasteiger partial charge in [0.05, 0.1) is 13.2 Å². The third-order valence-electron chi connectivity index (χ3n) is 4.80. The molecule has 4 nitrogen and oxygen atoms in total. The molecule has 4 heteroatoms. The molecule has 3 atom stereocenters. The highest BCUT2D eigenvalue weighted by atomic mass is 16.5. The summed E-state index contributed by atoms with van der Waals surface area (Å²) in [6.45, 7) is 3.97. The van der Waals surface area contributed by atoms with Gasteiger partial charge in [-0.2, -0.15) is 0 Å². The molecule has 2 aliphatic heterocycles. The topological polar surface area (TPSA) is 41.6 Å². The molecule has 2 heterocycles. The number of carbonyl (C=O) groups is 1. The lowest BCUT2D eigenvalue weighted by atomic mass is 9.97. The number of hydrogen-bond acceptors (Lipinski definition) is 3. The maximum atomic E-state index is 12.6. The summed E-state index contributed by atoms with van der Waals surface area (Å²) < 4.78 is 5.21. The van der Waals surface area contributed by atoms with Crippen LogP contribution in [0.4, 0.5) is 0 Å². The minimum Gasteiger partial charge on any atom is -0.497 e. The second-order valence-corrected chi connectivity index (χ2v) is 6.19. The largest absolute Gasteiger partial charge is 0.497 e. The van der Waals surface area contributed by atoms with E-state index >= 15 is 0 Å². The van der Waals surface area contributed by atoms with Gasteiger partial charge in [-0.05, 0) is 50.4 Å². The summed E-state index contributed by atoms with van der Waals surface area (Å²) in [6, 6.07) is 8.62. The van der Waals surface area contributed by atoms with Crippen LogP contribution < -0.4 is 10.1 Å². The van der Waals surface area contributed by atoms with Crippen LogP contribution in [0.15, 0.2) is 24.3 Å². The SMILES string of the molecule is COc1ccc([C@@H]2C[C@H](C)N(C(=O)[C@@H]3CCCN3)C2)cc1. The predicted octanol–water partition coefficient (Wildman–Crippen LogP) is 2.15. The Labute approximate surface area is 126 Å². The summed E-state index contributed by atoms with van der Waals surface area (Å²) in [5.41, 5.74) is 1.30. The Morgan fingerprint density at radius 1 is 1.33 bits per heavy atom. The quantitative estimate of drug-likeness (QED) is 0.926. The Morgan fingerprint density at radius 3 is 2.71 bits per heavy atom. The van der Waals surface area contributed by atoms with Crippen molar-refractivity contribution in [1.29, 1.82) is 0 Å². The van der Waals surface area contributed by atoms with Crippen LogP contribution >= 0.6 is 0 Å². The number of methoxy groups -OCH3 is 1. The summed E-state index contributed by atoms with van der Waals surface area (Å²) in [7, 11) is 1.68. The molecule has 114 valence electrons. The monoisotopic (exact) mass is 288 g/mol. The van der Waals surface area contributed by atoms with E-state index in [2.05, 4.69) is 29.3 Å². The Balaban J connectivity index is 1.68. The van der Waals surface area contributed by atoms with Gasteiger partial charge in [0.2, 0.25) is 5.91 Å². The first kappa shape index (κ1) is 14.4. The van der Waals surface area contributed by atoms with Gasteiger partial charge in [-0.3, -0.25) is 4.79 Å². The molecule has 3 rings (SSSR count). The molecule has 0 aliphatic carbocycles. The molecule has 1 aromatic rings. The van der Waals surface area contributed by atoms with Crippen LogP contribution in [0.5, 0.6) is 5.75 Å². The average Bonchev–Trinajstić information content (AvgIpc) is 3.16. The Bertz CT molecular complexity index is 494. The standard InChI is InChI=1S/C17H24N2O2/c1-12-10-14(13-5-7-15(21-2)8-6-13)11-19(12)17(20)16-4-3-9-18-16/h5-8,12,14,16,18H,3-4,9-11H2,1-2H3/t12-,14+,16-/m0/s1. The fraction of sp³-hybridized carbons (Fsp3) is 0.588. The zero-order valence-corrected chi connectivity index (χ0v) is 12.8. The maximum absolute atomic E-state index is 12.6. The Morgan fingerprint density at radius 2 is 2.10 bits per heavy atom. The molecule has 1 amide bonds. The summed E-state index contributed by atoms with van der Waals surface area (Å²) in [5.74, 6) is 1.61. The van der Waals surface area contributed by atoms with Crippen molar-refractivity contribution in [3.63, 3.8) is 0 Å². The van der Waals surface area contributed by atoms with E-state index in [0.29, 0.717) is 12.0 Å². The molecule has 21 heavy (non-hydrogen) atoms. The molecule has 1 N–H and O–H groups in total. The number of hydrogen-bond donors (Lipinski definition) is 1. The number of amides is 1. The average molecular weight is 288 g/mol. The molecule has 2 aliphatic rings. The number of carbonyl (C=O) groups excluding carboxylic acids is 1. The van der Waals surface area contributed by atoms with E-state index in [1.807, 2.05) is 12.1 Å². The number of ether oxygens (including phenoxy) is 1. The molecule has 1 aromatic carbocycles. The summed E-state index contributed by atoms with van der Waals surface area (Å²) in [5, 5.41) is 3.32. The van der Waals surface area contributed by atoms with Crippen LogP contribution in [0.25, 0.3) is 0 Å². The van der Waals surface area contributed by atoms with Crippen molar-refractivity contribution in [3.05, 3.63) is 29.8 Å². The number of likely N-dealkylation sites (tertiary alicyclic amines) is 1. The number of rotatable bonds is 3. The van der Waals surface area contributed by atoms with Crippen LogP contribution in [0.3, 0.4) is 0 Å². The normalized spacial score (nSPS) is 28.9. The third kappa shape index (κ3) is 2.91. The van der Waals surface area contributed by atoms with E-state index < -0.39 is 0 Å².